The standard InChI is InChI=1S/C19H19N3O4S/c1-14(15-2-4-16(5-3-15)22-9-8-20-13-22)21-27(23,24)17-6-7-18-19(12-17)26-11-10-25-18/h2-9,12-14,21H,10-11H2,1H3. The number of hydrogen-bond acceptors (Lipinski definition) is 5. The van der Waals surface area contributed by atoms with Crippen LogP contribution in [-0.4, -0.2) is 31.2 Å². The van der Waals surface area contributed by atoms with Crippen molar-refractivity contribution in [2.45, 2.75) is 17.9 Å². The summed E-state index contributed by atoms with van der Waals surface area (Å²) in [6.45, 7) is 2.68. The number of nitrogens with one attached hydrogen (secondary N) is 1. The van der Waals surface area contributed by atoms with Gasteiger partial charge >= 0.3 is 0 Å². The smallest absolute Gasteiger partial charge is 0.241 e. The minimum Gasteiger partial charge on any atom is -0.486 e. The van der Waals surface area contributed by atoms with Gasteiger partial charge in [0, 0.05) is 30.2 Å². The lowest BCUT2D eigenvalue weighted by molar-refractivity contribution is 0.171. The van der Waals surface area contributed by atoms with E-state index in [0.29, 0.717) is 24.7 Å². The van der Waals surface area contributed by atoms with Gasteiger partial charge in [-0.3, -0.25) is 0 Å². The van der Waals surface area contributed by atoms with Crippen molar-refractivity contribution >= 4 is 10.0 Å². The van der Waals surface area contributed by atoms with Crippen molar-refractivity contribution in [2.24, 2.45) is 0 Å². The highest BCUT2D eigenvalue weighted by molar-refractivity contribution is 7.89. The van der Waals surface area contributed by atoms with E-state index in [1.54, 1.807) is 18.6 Å². The summed E-state index contributed by atoms with van der Waals surface area (Å²) in [5.74, 6) is 1.00. The molecular formula is C19H19N3O4S. The molecule has 1 aromatic heterocycles. The maximum Gasteiger partial charge on any atom is 0.241 e. The van der Waals surface area contributed by atoms with Crippen LogP contribution in [0.15, 0.2) is 66.1 Å². The monoisotopic (exact) mass is 385 g/mol. The second kappa shape index (κ2) is 7.05. The summed E-state index contributed by atoms with van der Waals surface area (Å²) < 4.78 is 41.0. The molecule has 0 bridgehead atoms. The van der Waals surface area contributed by atoms with Gasteiger partial charge in [-0.25, -0.2) is 18.1 Å². The largest absolute Gasteiger partial charge is 0.486 e. The molecule has 1 N–H and O–H groups in total. The Morgan fingerprint density at radius 1 is 1.07 bits per heavy atom. The average Bonchev–Trinajstić information content (AvgIpc) is 3.22. The maximum absolute atomic E-state index is 12.7. The summed E-state index contributed by atoms with van der Waals surface area (Å²) in [5, 5.41) is 0. The normalized spacial score (nSPS) is 14.7. The molecule has 0 saturated carbocycles. The van der Waals surface area contributed by atoms with Gasteiger partial charge in [0.05, 0.1) is 11.2 Å². The van der Waals surface area contributed by atoms with Crippen LogP contribution in [0.4, 0.5) is 0 Å². The van der Waals surface area contributed by atoms with Gasteiger partial charge < -0.3 is 14.0 Å². The van der Waals surface area contributed by atoms with Crippen LogP contribution in [0.5, 0.6) is 11.5 Å². The lowest BCUT2D eigenvalue weighted by Crippen LogP contribution is -2.27. The number of rotatable bonds is 5. The average molecular weight is 385 g/mol. The summed E-state index contributed by atoms with van der Waals surface area (Å²) in [4.78, 5) is 4.17. The Bertz CT molecular complexity index is 1030. The molecule has 4 rings (SSSR count). The third-order valence-electron chi connectivity index (χ3n) is 4.35. The number of aromatic nitrogens is 2. The summed E-state index contributed by atoms with van der Waals surface area (Å²) in [6, 6.07) is 11.9. The zero-order chi connectivity index (χ0) is 18.9. The SMILES string of the molecule is CC(NS(=O)(=O)c1ccc2c(c1)OCCO2)c1ccc(-n2ccnc2)cc1. The third kappa shape index (κ3) is 3.67. The molecule has 1 aliphatic rings. The number of fused-ring (bicyclic) bond motifs is 1. The van der Waals surface area contributed by atoms with Crippen LogP contribution in [0.2, 0.25) is 0 Å². The Kier molecular flexibility index (Phi) is 4.59. The van der Waals surface area contributed by atoms with Crippen molar-refractivity contribution in [2.75, 3.05) is 13.2 Å². The first-order valence-electron chi connectivity index (χ1n) is 8.53. The first kappa shape index (κ1) is 17.6. The van der Waals surface area contributed by atoms with E-state index in [0.717, 1.165) is 11.3 Å². The van der Waals surface area contributed by atoms with Gasteiger partial charge in [0.1, 0.15) is 13.2 Å². The highest BCUT2D eigenvalue weighted by Crippen LogP contribution is 2.32. The number of ether oxygens (including phenoxy) is 2. The lowest BCUT2D eigenvalue weighted by Gasteiger charge is -2.20. The molecule has 0 radical (unpaired) electrons. The Balaban J connectivity index is 1.52. The van der Waals surface area contributed by atoms with E-state index < -0.39 is 10.0 Å². The fourth-order valence-electron chi connectivity index (χ4n) is 2.91. The zero-order valence-corrected chi connectivity index (χ0v) is 15.5. The van der Waals surface area contributed by atoms with E-state index in [1.807, 2.05) is 42.0 Å². The van der Waals surface area contributed by atoms with Crippen molar-refractivity contribution in [3.63, 3.8) is 0 Å². The van der Waals surface area contributed by atoms with Crippen LogP contribution in [0.1, 0.15) is 18.5 Å². The topological polar surface area (TPSA) is 82.5 Å². The van der Waals surface area contributed by atoms with Gasteiger partial charge in [0.2, 0.25) is 10.0 Å². The summed E-state index contributed by atoms with van der Waals surface area (Å²) in [6.07, 6.45) is 5.27. The molecule has 0 spiro atoms. The number of imidazole rings is 1. The fraction of sp³-hybridized carbons (Fsp3) is 0.211. The Labute approximate surface area is 157 Å². The van der Waals surface area contributed by atoms with E-state index in [4.69, 9.17) is 9.47 Å². The van der Waals surface area contributed by atoms with Gasteiger partial charge in [-0.2, -0.15) is 0 Å². The van der Waals surface area contributed by atoms with Crippen LogP contribution in [0.3, 0.4) is 0 Å². The molecule has 1 unspecified atom stereocenters. The second-order valence-corrected chi connectivity index (χ2v) is 7.92. The first-order chi connectivity index (χ1) is 13.0. The summed E-state index contributed by atoms with van der Waals surface area (Å²) in [7, 11) is -3.70. The molecule has 3 aromatic rings. The summed E-state index contributed by atoms with van der Waals surface area (Å²) in [5.41, 5.74) is 1.82. The molecule has 0 aliphatic carbocycles. The molecule has 1 aliphatic heterocycles. The van der Waals surface area contributed by atoms with E-state index >= 15 is 0 Å². The Morgan fingerprint density at radius 2 is 1.81 bits per heavy atom. The Morgan fingerprint density at radius 3 is 2.52 bits per heavy atom. The minimum atomic E-state index is -3.70. The minimum absolute atomic E-state index is 0.147. The van der Waals surface area contributed by atoms with Crippen LogP contribution < -0.4 is 14.2 Å². The molecular weight excluding hydrogens is 366 g/mol. The molecule has 1 atom stereocenters. The second-order valence-electron chi connectivity index (χ2n) is 6.21. The molecule has 2 aromatic carbocycles. The van der Waals surface area contributed by atoms with Crippen molar-refractivity contribution in [1.82, 2.24) is 14.3 Å². The van der Waals surface area contributed by atoms with Gasteiger partial charge in [0.25, 0.3) is 0 Å². The number of nitrogens with zero attached hydrogens (tertiary/aromatic N) is 2. The lowest BCUT2D eigenvalue weighted by atomic mass is 10.1. The van der Waals surface area contributed by atoms with E-state index in [2.05, 4.69) is 9.71 Å². The van der Waals surface area contributed by atoms with E-state index in [1.165, 1.54) is 12.1 Å². The van der Waals surface area contributed by atoms with Crippen molar-refractivity contribution in [3.8, 4) is 17.2 Å². The molecule has 0 amide bonds. The number of benzene rings is 2. The molecule has 2 heterocycles. The van der Waals surface area contributed by atoms with Crippen molar-refractivity contribution < 1.29 is 17.9 Å². The molecule has 27 heavy (non-hydrogen) atoms. The number of hydrogen-bond donors (Lipinski definition) is 1. The third-order valence-corrected chi connectivity index (χ3v) is 5.89. The van der Waals surface area contributed by atoms with Crippen molar-refractivity contribution in [1.29, 1.82) is 0 Å². The van der Waals surface area contributed by atoms with Crippen LogP contribution >= 0.6 is 0 Å². The highest BCUT2D eigenvalue weighted by atomic mass is 32.2. The predicted molar refractivity (Wildman–Crippen MR) is 99.7 cm³/mol. The molecule has 0 saturated heterocycles. The van der Waals surface area contributed by atoms with E-state index in [9.17, 15) is 8.42 Å². The van der Waals surface area contributed by atoms with Crippen LogP contribution in [0.25, 0.3) is 5.69 Å². The van der Waals surface area contributed by atoms with Crippen molar-refractivity contribution in [3.05, 3.63) is 66.7 Å². The van der Waals surface area contributed by atoms with Gasteiger partial charge in [-0.1, -0.05) is 12.1 Å². The maximum atomic E-state index is 12.7. The molecule has 7 nitrogen and oxygen atoms in total. The quantitative estimate of drug-likeness (QED) is 0.730. The first-order valence-corrected chi connectivity index (χ1v) is 10.0. The molecule has 0 fully saturated rings. The summed E-state index contributed by atoms with van der Waals surface area (Å²) >= 11 is 0. The fourth-order valence-corrected chi connectivity index (χ4v) is 4.15. The highest BCUT2D eigenvalue weighted by Gasteiger charge is 2.21. The molecule has 8 heteroatoms. The zero-order valence-electron chi connectivity index (χ0n) is 14.7. The van der Waals surface area contributed by atoms with Gasteiger partial charge in [-0.15, -0.1) is 0 Å². The van der Waals surface area contributed by atoms with Crippen LogP contribution in [-0.2, 0) is 10.0 Å². The van der Waals surface area contributed by atoms with Gasteiger partial charge in [0.15, 0.2) is 11.5 Å². The predicted octanol–water partition coefficient (Wildman–Crippen LogP) is 2.68. The Hall–Kier alpha value is -2.84. The van der Waals surface area contributed by atoms with Gasteiger partial charge in [-0.05, 0) is 36.8 Å². The molecule has 140 valence electrons. The van der Waals surface area contributed by atoms with E-state index in [-0.39, 0.29) is 10.9 Å². The van der Waals surface area contributed by atoms with Crippen LogP contribution in [0, 0.1) is 0 Å². The number of sulfonamides is 1.